The quantitative estimate of drug-likeness (QED) is 0.567. The molecule has 26 heavy (non-hydrogen) atoms. The Morgan fingerprint density at radius 1 is 1.23 bits per heavy atom. The number of carbonyl (C=O) groups excluding carboxylic acids is 1. The van der Waals surface area contributed by atoms with Crippen molar-refractivity contribution in [3.63, 3.8) is 0 Å². The minimum Gasteiger partial charge on any atom is -0.426 e. The Bertz CT molecular complexity index is 665. The fraction of sp³-hybridized carbons (Fsp3) is 0.682. The molecule has 2 aliphatic carbocycles. The van der Waals surface area contributed by atoms with Crippen LogP contribution >= 0.6 is 0 Å². The van der Waals surface area contributed by atoms with Gasteiger partial charge >= 0.3 is 5.97 Å². The van der Waals surface area contributed by atoms with Gasteiger partial charge in [0.05, 0.1) is 5.41 Å². The van der Waals surface area contributed by atoms with Crippen LogP contribution < -0.4 is 4.74 Å². The minimum atomic E-state index is -0.577. The first kappa shape index (κ1) is 19.3. The maximum absolute atomic E-state index is 14.8. The summed E-state index contributed by atoms with van der Waals surface area (Å²) in [5, 5.41) is 0. The number of ether oxygens (including phenoxy) is 1. The van der Waals surface area contributed by atoms with Crippen LogP contribution in [-0.2, 0) is 4.79 Å². The number of halogens is 1. The van der Waals surface area contributed by atoms with E-state index in [9.17, 15) is 9.18 Å². The average molecular weight is 362 g/mol. The van der Waals surface area contributed by atoms with E-state index in [1.807, 2.05) is 20.8 Å². The Morgan fingerprint density at radius 2 is 1.96 bits per heavy atom. The van der Waals surface area contributed by atoms with Crippen LogP contribution in [0.15, 0.2) is 18.2 Å². The zero-order chi connectivity index (χ0) is 19.1. The summed E-state index contributed by atoms with van der Waals surface area (Å²) in [6, 6.07) is 4.81. The van der Waals surface area contributed by atoms with Crippen molar-refractivity contribution in [3.8, 4) is 5.75 Å². The van der Waals surface area contributed by atoms with E-state index >= 15 is 0 Å². The van der Waals surface area contributed by atoms with Gasteiger partial charge in [-0.05, 0) is 102 Å². The Kier molecular flexibility index (Phi) is 5.43. The summed E-state index contributed by atoms with van der Waals surface area (Å²) in [6.45, 7) is 6.45. The Balaban J connectivity index is 1.88. The number of fused-ring (bicyclic) bond motifs is 2. The van der Waals surface area contributed by atoms with E-state index < -0.39 is 5.41 Å². The molecule has 4 atom stereocenters. The summed E-state index contributed by atoms with van der Waals surface area (Å²) in [6.07, 6.45) is 4.86. The lowest BCUT2D eigenvalue weighted by Gasteiger charge is -2.39. The molecule has 1 aromatic rings. The molecule has 0 spiro atoms. The molecular weight excluding hydrogens is 329 g/mol. The van der Waals surface area contributed by atoms with Crippen molar-refractivity contribution in [1.82, 2.24) is 4.90 Å². The number of nitrogens with zero attached hydrogens (tertiary/aromatic N) is 1. The van der Waals surface area contributed by atoms with Crippen LogP contribution in [0.2, 0.25) is 0 Å². The average Bonchev–Trinajstić information content (AvgIpc) is 2.93. The first-order chi connectivity index (χ1) is 12.1. The topological polar surface area (TPSA) is 29.5 Å². The lowest BCUT2D eigenvalue weighted by atomic mass is 9.69. The molecule has 0 radical (unpaired) electrons. The number of esters is 1. The predicted octanol–water partition coefficient (Wildman–Crippen LogP) is 4.86. The monoisotopic (exact) mass is 361 g/mol. The van der Waals surface area contributed by atoms with Gasteiger partial charge in [0.2, 0.25) is 0 Å². The molecule has 2 fully saturated rings. The van der Waals surface area contributed by atoms with Gasteiger partial charge in [0.1, 0.15) is 11.6 Å². The largest absolute Gasteiger partial charge is 0.426 e. The van der Waals surface area contributed by atoms with E-state index in [1.54, 1.807) is 12.1 Å². The van der Waals surface area contributed by atoms with Crippen molar-refractivity contribution in [2.24, 2.45) is 23.2 Å². The fourth-order valence-electron chi connectivity index (χ4n) is 4.76. The van der Waals surface area contributed by atoms with Crippen LogP contribution in [0.25, 0.3) is 0 Å². The summed E-state index contributed by atoms with van der Waals surface area (Å²) >= 11 is 0. The number of hydrogen-bond donors (Lipinski definition) is 0. The minimum absolute atomic E-state index is 0.171. The molecule has 0 aliphatic heterocycles. The second-order valence-corrected chi connectivity index (χ2v) is 9.53. The van der Waals surface area contributed by atoms with Crippen LogP contribution in [0.3, 0.4) is 0 Å². The molecule has 144 valence electrons. The van der Waals surface area contributed by atoms with Crippen LogP contribution in [0.5, 0.6) is 5.75 Å². The van der Waals surface area contributed by atoms with E-state index in [0.29, 0.717) is 23.5 Å². The highest BCUT2D eigenvalue weighted by molar-refractivity contribution is 5.77. The molecule has 1 aromatic carbocycles. The van der Waals surface area contributed by atoms with Crippen LogP contribution in [-0.4, -0.2) is 31.5 Å². The Labute approximate surface area is 156 Å². The number of rotatable bonds is 4. The molecule has 2 aliphatic rings. The molecule has 0 amide bonds. The molecule has 0 aromatic heterocycles. The molecule has 0 heterocycles. The zero-order valence-electron chi connectivity index (χ0n) is 16.7. The molecule has 3 rings (SSSR count). The standard InChI is InChI=1S/C22H32FNO2/c1-22(2,3)21(25)26-16-8-9-20(23)18(12-16)17-11-14-6-7-15(10-14)19(17)13-24(4)5/h8-9,12,14-15,17,19H,6-7,10-11,13H2,1-5H3. The highest BCUT2D eigenvalue weighted by Gasteiger charge is 2.43. The molecule has 2 saturated carbocycles. The van der Waals surface area contributed by atoms with Gasteiger partial charge in [-0.15, -0.1) is 0 Å². The van der Waals surface area contributed by atoms with Gasteiger partial charge in [-0.3, -0.25) is 4.79 Å². The van der Waals surface area contributed by atoms with Gasteiger partial charge in [-0.2, -0.15) is 0 Å². The first-order valence-electron chi connectivity index (χ1n) is 9.81. The Hall–Kier alpha value is -1.42. The smallest absolute Gasteiger partial charge is 0.316 e. The van der Waals surface area contributed by atoms with Gasteiger partial charge in [-0.25, -0.2) is 4.39 Å². The molecule has 3 nitrogen and oxygen atoms in total. The van der Waals surface area contributed by atoms with Gasteiger partial charge in [0.15, 0.2) is 0 Å². The van der Waals surface area contributed by atoms with Gasteiger partial charge in [0, 0.05) is 6.54 Å². The number of benzene rings is 1. The van der Waals surface area contributed by atoms with Crippen molar-refractivity contribution < 1.29 is 13.9 Å². The second-order valence-electron chi connectivity index (χ2n) is 9.53. The van der Waals surface area contributed by atoms with Crippen LogP contribution in [0.1, 0.15) is 57.9 Å². The number of hydrogen-bond acceptors (Lipinski definition) is 3. The zero-order valence-corrected chi connectivity index (χ0v) is 16.7. The third kappa shape index (κ3) is 4.11. The number of carbonyl (C=O) groups is 1. The summed E-state index contributed by atoms with van der Waals surface area (Å²) in [4.78, 5) is 14.4. The highest BCUT2D eigenvalue weighted by atomic mass is 19.1. The van der Waals surface area contributed by atoms with Crippen molar-refractivity contribution in [1.29, 1.82) is 0 Å². The van der Waals surface area contributed by atoms with E-state index in [0.717, 1.165) is 18.5 Å². The van der Waals surface area contributed by atoms with Crippen LogP contribution in [0.4, 0.5) is 4.39 Å². The van der Waals surface area contributed by atoms with E-state index in [1.165, 1.54) is 25.3 Å². The lowest BCUT2D eigenvalue weighted by molar-refractivity contribution is -0.143. The van der Waals surface area contributed by atoms with Gasteiger partial charge in [-0.1, -0.05) is 6.42 Å². The molecule has 4 heteroatoms. The predicted molar refractivity (Wildman–Crippen MR) is 102 cm³/mol. The third-order valence-electron chi connectivity index (χ3n) is 6.06. The summed E-state index contributed by atoms with van der Waals surface area (Å²) in [7, 11) is 4.19. The van der Waals surface area contributed by atoms with E-state index in [-0.39, 0.29) is 17.7 Å². The molecule has 4 unspecified atom stereocenters. The van der Waals surface area contributed by atoms with Crippen molar-refractivity contribution in [2.45, 2.75) is 52.4 Å². The second kappa shape index (κ2) is 7.30. The summed E-state index contributed by atoms with van der Waals surface area (Å²) in [5.74, 6) is 2.07. The van der Waals surface area contributed by atoms with Crippen molar-refractivity contribution in [3.05, 3.63) is 29.6 Å². The maximum Gasteiger partial charge on any atom is 0.316 e. The van der Waals surface area contributed by atoms with Crippen molar-refractivity contribution in [2.75, 3.05) is 20.6 Å². The van der Waals surface area contributed by atoms with Gasteiger partial charge in [0.25, 0.3) is 0 Å². The van der Waals surface area contributed by atoms with E-state index in [4.69, 9.17) is 4.74 Å². The SMILES string of the molecule is CN(C)CC1C2CCC(C2)CC1c1cc(OC(=O)C(C)(C)C)ccc1F. The molecule has 2 bridgehead atoms. The van der Waals surface area contributed by atoms with Crippen LogP contribution in [0, 0.1) is 29.0 Å². The molecular formula is C22H32FNO2. The van der Waals surface area contributed by atoms with Gasteiger partial charge < -0.3 is 9.64 Å². The fourth-order valence-corrected chi connectivity index (χ4v) is 4.76. The highest BCUT2D eigenvalue weighted by Crippen LogP contribution is 2.52. The summed E-state index contributed by atoms with van der Waals surface area (Å²) in [5.41, 5.74) is 0.152. The third-order valence-corrected chi connectivity index (χ3v) is 6.06. The summed E-state index contributed by atoms with van der Waals surface area (Å²) < 4.78 is 20.3. The Morgan fingerprint density at radius 3 is 2.62 bits per heavy atom. The molecule has 0 saturated heterocycles. The normalized spacial score (nSPS) is 28.4. The maximum atomic E-state index is 14.8. The molecule has 0 N–H and O–H groups in total. The van der Waals surface area contributed by atoms with Crippen molar-refractivity contribution >= 4 is 5.97 Å². The lowest BCUT2D eigenvalue weighted by Crippen LogP contribution is -2.35. The first-order valence-corrected chi connectivity index (χ1v) is 9.81. The van der Waals surface area contributed by atoms with E-state index in [2.05, 4.69) is 19.0 Å².